The van der Waals surface area contributed by atoms with Crippen molar-refractivity contribution >= 4 is 18.0 Å². The predicted molar refractivity (Wildman–Crippen MR) is 114 cm³/mol. The molecule has 168 valence electrons. The van der Waals surface area contributed by atoms with Crippen molar-refractivity contribution in [3.63, 3.8) is 0 Å². The number of esters is 1. The van der Waals surface area contributed by atoms with Crippen LogP contribution in [-0.2, 0) is 19.1 Å². The van der Waals surface area contributed by atoms with Crippen LogP contribution in [0, 0.1) is 11.8 Å². The summed E-state index contributed by atoms with van der Waals surface area (Å²) >= 11 is 0. The van der Waals surface area contributed by atoms with Gasteiger partial charge >= 0.3 is 12.1 Å². The third-order valence-electron chi connectivity index (χ3n) is 4.64. The molecule has 1 rings (SSSR count). The minimum Gasteiger partial charge on any atom is -0.467 e. The molecule has 2 amide bonds. The lowest BCUT2D eigenvalue weighted by Crippen LogP contribution is -2.41. The van der Waals surface area contributed by atoms with Crippen molar-refractivity contribution in [1.82, 2.24) is 4.90 Å². The van der Waals surface area contributed by atoms with Gasteiger partial charge in [-0.3, -0.25) is 4.79 Å². The van der Waals surface area contributed by atoms with E-state index in [0.29, 0.717) is 24.8 Å². The standard InChI is InChI=1S/C17H29NO3.C5H11NO2/c1-5-6-8-13(2)11-14(3)12-16(19)18-10-7-9-15(18)17(20)21-4;1-5(2,3)8-4(6)7/h5,13-15H,1,6-12H2,2-4H3;1-3H3,(H2,6,7). The van der Waals surface area contributed by atoms with Gasteiger partial charge in [0.05, 0.1) is 7.11 Å². The van der Waals surface area contributed by atoms with Gasteiger partial charge in [0.2, 0.25) is 5.91 Å². The van der Waals surface area contributed by atoms with Gasteiger partial charge in [-0.05, 0) is 64.7 Å². The fraction of sp³-hybridized carbons (Fsp3) is 0.773. The molecule has 2 N–H and O–H groups in total. The number of methoxy groups -OCH3 is 1. The summed E-state index contributed by atoms with van der Waals surface area (Å²) in [6.45, 7) is 14.0. The van der Waals surface area contributed by atoms with Crippen molar-refractivity contribution in [3.05, 3.63) is 12.7 Å². The summed E-state index contributed by atoms with van der Waals surface area (Å²) in [6, 6.07) is -0.368. The van der Waals surface area contributed by atoms with Crippen molar-refractivity contribution in [2.75, 3.05) is 13.7 Å². The number of hydrogen-bond acceptors (Lipinski definition) is 5. The maximum atomic E-state index is 12.4. The van der Waals surface area contributed by atoms with E-state index >= 15 is 0 Å². The molecule has 0 saturated carbocycles. The van der Waals surface area contributed by atoms with Crippen molar-refractivity contribution in [2.45, 2.75) is 84.8 Å². The normalized spacial score (nSPS) is 18.1. The van der Waals surface area contributed by atoms with Gasteiger partial charge in [0.25, 0.3) is 0 Å². The first-order chi connectivity index (χ1) is 13.4. The van der Waals surface area contributed by atoms with Crippen molar-refractivity contribution in [3.8, 4) is 0 Å². The number of nitrogens with two attached hydrogens (primary N) is 1. The summed E-state index contributed by atoms with van der Waals surface area (Å²) in [5.74, 6) is 0.746. The summed E-state index contributed by atoms with van der Waals surface area (Å²) < 4.78 is 9.36. The molecular weight excluding hydrogens is 372 g/mol. The van der Waals surface area contributed by atoms with Crippen LogP contribution in [0.5, 0.6) is 0 Å². The Balaban J connectivity index is 0.000000828. The zero-order valence-corrected chi connectivity index (χ0v) is 19.0. The van der Waals surface area contributed by atoms with Gasteiger partial charge in [0, 0.05) is 13.0 Å². The molecule has 29 heavy (non-hydrogen) atoms. The Bertz CT molecular complexity index is 542. The number of carbonyl (C=O) groups excluding carboxylic acids is 3. The van der Waals surface area contributed by atoms with E-state index in [0.717, 1.165) is 32.1 Å². The monoisotopic (exact) mass is 412 g/mol. The van der Waals surface area contributed by atoms with E-state index in [1.165, 1.54) is 7.11 Å². The molecule has 3 atom stereocenters. The molecule has 0 radical (unpaired) electrons. The number of amides is 2. The van der Waals surface area contributed by atoms with Crippen LogP contribution in [0.25, 0.3) is 0 Å². The average Bonchev–Trinajstić information content (AvgIpc) is 3.07. The molecule has 7 heteroatoms. The molecule has 3 unspecified atom stereocenters. The first kappa shape index (κ1) is 27.0. The van der Waals surface area contributed by atoms with Gasteiger partial charge in [0.15, 0.2) is 0 Å². The number of rotatable bonds is 8. The molecule has 1 fully saturated rings. The number of ether oxygens (including phenoxy) is 2. The number of carbonyl (C=O) groups is 3. The molecule has 1 saturated heterocycles. The van der Waals surface area contributed by atoms with Crippen molar-refractivity contribution < 1.29 is 23.9 Å². The lowest BCUT2D eigenvalue weighted by atomic mass is 9.91. The van der Waals surface area contributed by atoms with Gasteiger partial charge in [0.1, 0.15) is 11.6 Å². The van der Waals surface area contributed by atoms with E-state index in [1.807, 2.05) is 6.08 Å². The highest BCUT2D eigenvalue weighted by atomic mass is 16.6. The third-order valence-corrected chi connectivity index (χ3v) is 4.64. The minimum absolute atomic E-state index is 0.0892. The van der Waals surface area contributed by atoms with Crippen LogP contribution in [0.3, 0.4) is 0 Å². The molecule has 0 aromatic rings. The molecular formula is C22H40N2O5. The Morgan fingerprint density at radius 2 is 1.86 bits per heavy atom. The molecule has 0 aromatic carbocycles. The van der Waals surface area contributed by atoms with E-state index in [4.69, 9.17) is 10.5 Å². The van der Waals surface area contributed by atoms with Crippen LogP contribution >= 0.6 is 0 Å². The first-order valence-electron chi connectivity index (χ1n) is 10.4. The van der Waals surface area contributed by atoms with Gasteiger partial charge in [-0.25, -0.2) is 9.59 Å². The van der Waals surface area contributed by atoms with Crippen LogP contribution in [0.15, 0.2) is 12.7 Å². The first-order valence-corrected chi connectivity index (χ1v) is 10.4. The largest absolute Gasteiger partial charge is 0.467 e. The molecule has 0 aromatic heterocycles. The molecule has 1 aliphatic rings. The maximum Gasteiger partial charge on any atom is 0.405 e. The zero-order chi connectivity index (χ0) is 22.6. The average molecular weight is 413 g/mol. The Labute approximate surface area is 176 Å². The Kier molecular flexibility index (Phi) is 12.3. The molecule has 1 aliphatic heterocycles. The second-order valence-corrected chi connectivity index (χ2v) is 8.82. The molecule has 0 bridgehead atoms. The Hall–Kier alpha value is -2.05. The van der Waals surface area contributed by atoms with Gasteiger partial charge < -0.3 is 20.1 Å². The predicted octanol–water partition coefficient (Wildman–Crippen LogP) is 4.05. The number of hydrogen-bond donors (Lipinski definition) is 1. The van der Waals surface area contributed by atoms with Crippen LogP contribution in [-0.4, -0.2) is 48.2 Å². The van der Waals surface area contributed by atoms with Gasteiger partial charge in [-0.15, -0.1) is 6.58 Å². The number of likely N-dealkylation sites (tertiary alicyclic amines) is 1. The third kappa shape index (κ3) is 12.2. The highest BCUT2D eigenvalue weighted by Gasteiger charge is 2.35. The second kappa shape index (κ2) is 13.2. The summed E-state index contributed by atoms with van der Waals surface area (Å²) in [6.07, 6.45) is 6.53. The molecule has 0 spiro atoms. The van der Waals surface area contributed by atoms with Crippen molar-refractivity contribution in [2.24, 2.45) is 17.6 Å². The number of nitrogens with zero attached hydrogens (tertiary/aromatic N) is 1. The van der Waals surface area contributed by atoms with Crippen LogP contribution < -0.4 is 5.73 Å². The van der Waals surface area contributed by atoms with E-state index < -0.39 is 11.7 Å². The van der Waals surface area contributed by atoms with Gasteiger partial charge in [-0.2, -0.15) is 0 Å². The quantitative estimate of drug-likeness (QED) is 0.479. The van der Waals surface area contributed by atoms with E-state index in [1.54, 1.807) is 25.7 Å². The van der Waals surface area contributed by atoms with Crippen LogP contribution in [0.4, 0.5) is 4.79 Å². The lowest BCUT2D eigenvalue weighted by Gasteiger charge is -2.25. The van der Waals surface area contributed by atoms with Crippen molar-refractivity contribution in [1.29, 1.82) is 0 Å². The fourth-order valence-corrected chi connectivity index (χ4v) is 3.45. The van der Waals surface area contributed by atoms with E-state index in [-0.39, 0.29) is 17.9 Å². The highest BCUT2D eigenvalue weighted by Crippen LogP contribution is 2.24. The molecule has 7 nitrogen and oxygen atoms in total. The lowest BCUT2D eigenvalue weighted by molar-refractivity contribution is -0.151. The number of allylic oxidation sites excluding steroid dienone is 1. The SMILES string of the molecule is C=CCCC(C)CC(C)CC(=O)N1CCCC1C(=O)OC.CC(C)(C)OC(N)=O. The van der Waals surface area contributed by atoms with E-state index in [9.17, 15) is 14.4 Å². The molecule has 1 heterocycles. The fourth-order valence-electron chi connectivity index (χ4n) is 3.45. The highest BCUT2D eigenvalue weighted by molar-refractivity contribution is 5.85. The summed E-state index contributed by atoms with van der Waals surface area (Å²) in [5.41, 5.74) is 4.26. The summed E-state index contributed by atoms with van der Waals surface area (Å²) in [5, 5.41) is 0. The van der Waals surface area contributed by atoms with Crippen LogP contribution in [0.2, 0.25) is 0 Å². The minimum atomic E-state index is -0.725. The second-order valence-electron chi connectivity index (χ2n) is 8.82. The van der Waals surface area contributed by atoms with Crippen LogP contribution in [0.1, 0.15) is 73.1 Å². The Morgan fingerprint density at radius 3 is 2.31 bits per heavy atom. The molecule has 0 aliphatic carbocycles. The smallest absolute Gasteiger partial charge is 0.405 e. The Morgan fingerprint density at radius 1 is 1.24 bits per heavy atom. The van der Waals surface area contributed by atoms with E-state index in [2.05, 4.69) is 25.2 Å². The summed E-state index contributed by atoms with van der Waals surface area (Å²) in [4.78, 5) is 35.8. The number of primary amides is 1. The zero-order valence-electron chi connectivity index (χ0n) is 19.0. The maximum absolute atomic E-state index is 12.4. The summed E-state index contributed by atoms with van der Waals surface area (Å²) in [7, 11) is 1.38. The topological polar surface area (TPSA) is 98.9 Å². The van der Waals surface area contributed by atoms with Gasteiger partial charge in [-0.1, -0.05) is 19.9 Å².